The van der Waals surface area contributed by atoms with Gasteiger partial charge in [0, 0.05) is 12.4 Å². The predicted molar refractivity (Wildman–Crippen MR) is 34.5 cm³/mol. The molecule has 1 heterocycles. The van der Waals surface area contributed by atoms with E-state index in [4.69, 9.17) is 0 Å². The van der Waals surface area contributed by atoms with Crippen LogP contribution in [0.5, 0.6) is 0 Å². The summed E-state index contributed by atoms with van der Waals surface area (Å²) in [5.74, 6) is 0. The standard InChI is InChI=1S/C7H10N/c1-2-3-7-4-5-8-6-7/h4-6,8H,1-3H2. The molecule has 0 bridgehead atoms. The van der Waals surface area contributed by atoms with E-state index >= 15 is 0 Å². The molecule has 0 unspecified atom stereocenters. The van der Waals surface area contributed by atoms with Gasteiger partial charge in [0.25, 0.3) is 0 Å². The van der Waals surface area contributed by atoms with E-state index in [1.165, 1.54) is 5.56 Å². The minimum absolute atomic E-state index is 0.984. The molecule has 43 valence electrons. The molecule has 0 atom stereocenters. The SMILES string of the molecule is [CH2]CCc1cc[nH]c1. The van der Waals surface area contributed by atoms with Gasteiger partial charge in [-0.2, -0.15) is 0 Å². The molecular formula is C7H10N. The van der Waals surface area contributed by atoms with Gasteiger partial charge in [0.1, 0.15) is 0 Å². The smallest absolute Gasteiger partial charge is 0.00373 e. The number of H-pyrrole nitrogens is 1. The van der Waals surface area contributed by atoms with E-state index in [1.54, 1.807) is 0 Å². The van der Waals surface area contributed by atoms with Crippen LogP contribution < -0.4 is 0 Å². The van der Waals surface area contributed by atoms with E-state index in [0.717, 1.165) is 12.8 Å². The quantitative estimate of drug-likeness (QED) is 0.594. The Hall–Kier alpha value is -0.720. The molecule has 0 aliphatic heterocycles. The van der Waals surface area contributed by atoms with E-state index in [9.17, 15) is 0 Å². The zero-order chi connectivity index (χ0) is 5.82. The lowest BCUT2D eigenvalue weighted by Gasteiger charge is -1.85. The van der Waals surface area contributed by atoms with Gasteiger partial charge in [-0.05, 0) is 24.5 Å². The van der Waals surface area contributed by atoms with Crippen molar-refractivity contribution in [1.82, 2.24) is 4.98 Å². The lowest BCUT2D eigenvalue weighted by atomic mass is 10.2. The van der Waals surface area contributed by atoms with Crippen molar-refractivity contribution in [3.8, 4) is 0 Å². The summed E-state index contributed by atoms with van der Waals surface area (Å²) in [7, 11) is 0. The van der Waals surface area contributed by atoms with Crippen LogP contribution in [-0.4, -0.2) is 4.98 Å². The van der Waals surface area contributed by atoms with Crippen LogP contribution >= 0.6 is 0 Å². The predicted octanol–water partition coefficient (Wildman–Crippen LogP) is 1.78. The van der Waals surface area contributed by atoms with Crippen molar-refractivity contribution < 1.29 is 0 Å². The summed E-state index contributed by atoms with van der Waals surface area (Å²) in [6.07, 6.45) is 6.01. The Kier molecular flexibility index (Phi) is 1.73. The molecule has 1 aromatic rings. The summed E-state index contributed by atoms with van der Waals surface area (Å²) >= 11 is 0. The van der Waals surface area contributed by atoms with Crippen molar-refractivity contribution in [1.29, 1.82) is 0 Å². The van der Waals surface area contributed by atoms with Crippen LogP contribution in [0.25, 0.3) is 0 Å². The van der Waals surface area contributed by atoms with Crippen molar-refractivity contribution in [2.24, 2.45) is 0 Å². The molecule has 1 nitrogen and oxygen atoms in total. The highest BCUT2D eigenvalue weighted by molar-refractivity contribution is 5.07. The second kappa shape index (κ2) is 2.55. The topological polar surface area (TPSA) is 15.8 Å². The number of hydrogen-bond acceptors (Lipinski definition) is 0. The first kappa shape index (κ1) is 5.42. The highest BCUT2D eigenvalue weighted by Gasteiger charge is 1.86. The van der Waals surface area contributed by atoms with E-state index in [2.05, 4.69) is 18.0 Å². The van der Waals surface area contributed by atoms with E-state index < -0.39 is 0 Å². The first-order valence-electron chi connectivity index (χ1n) is 2.84. The van der Waals surface area contributed by atoms with Crippen LogP contribution in [0.3, 0.4) is 0 Å². The Labute approximate surface area is 49.7 Å². The van der Waals surface area contributed by atoms with Crippen molar-refractivity contribution in [2.75, 3.05) is 0 Å². The highest BCUT2D eigenvalue weighted by atomic mass is 14.6. The Bertz CT molecular complexity index is 130. The average Bonchev–Trinajstić information content (AvgIpc) is 2.19. The lowest BCUT2D eigenvalue weighted by molar-refractivity contribution is 1.00. The summed E-state index contributed by atoms with van der Waals surface area (Å²) in [6.45, 7) is 3.75. The third-order valence-electron chi connectivity index (χ3n) is 1.13. The average molecular weight is 108 g/mol. The Morgan fingerprint density at radius 3 is 3.00 bits per heavy atom. The van der Waals surface area contributed by atoms with Crippen LogP contribution in [0.1, 0.15) is 12.0 Å². The van der Waals surface area contributed by atoms with E-state index in [1.807, 2.05) is 12.4 Å². The monoisotopic (exact) mass is 108 g/mol. The van der Waals surface area contributed by atoms with Gasteiger partial charge < -0.3 is 4.98 Å². The summed E-state index contributed by atoms with van der Waals surface area (Å²) in [5, 5.41) is 0. The molecule has 0 saturated carbocycles. The molecule has 1 rings (SSSR count). The number of aromatic nitrogens is 1. The summed E-state index contributed by atoms with van der Waals surface area (Å²) in [6, 6.07) is 2.07. The number of aryl methyl sites for hydroxylation is 1. The minimum atomic E-state index is 0.984. The molecule has 0 fully saturated rings. The number of nitrogens with one attached hydrogen (secondary N) is 1. The molecule has 8 heavy (non-hydrogen) atoms. The van der Waals surface area contributed by atoms with Crippen LogP contribution in [0.2, 0.25) is 0 Å². The lowest BCUT2D eigenvalue weighted by Crippen LogP contribution is -1.74. The molecular weight excluding hydrogens is 98.1 g/mol. The maximum atomic E-state index is 3.75. The Morgan fingerprint density at radius 1 is 1.62 bits per heavy atom. The molecule has 0 spiro atoms. The van der Waals surface area contributed by atoms with Gasteiger partial charge >= 0.3 is 0 Å². The van der Waals surface area contributed by atoms with Crippen molar-refractivity contribution in [2.45, 2.75) is 12.8 Å². The summed E-state index contributed by atoms with van der Waals surface area (Å²) in [4.78, 5) is 2.99. The van der Waals surface area contributed by atoms with E-state index in [0.29, 0.717) is 0 Å². The number of rotatable bonds is 2. The largest absolute Gasteiger partial charge is 0.367 e. The first-order valence-corrected chi connectivity index (χ1v) is 2.84. The molecule has 0 aliphatic rings. The van der Waals surface area contributed by atoms with E-state index in [-0.39, 0.29) is 0 Å². The molecule has 1 radical (unpaired) electrons. The summed E-state index contributed by atoms with van der Waals surface area (Å²) in [5.41, 5.74) is 1.35. The van der Waals surface area contributed by atoms with Gasteiger partial charge in [-0.1, -0.05) is 6.92 Å². The second-order valence-electron chi connectivity index (χ2n) is 1.82. The molecule has 0 aromatic carbocycles. The second-order valence-corrected chi connectivity index (χ2v) is 1.82. The molecule has 0 amide bonds. The zero-order valence-electron chi connectivity index (χ0n) is 4.85. The van der Waals surface area contributed by atoms with Crippen molar-refractivity contribution in [3.63, 3.8) is 0 Å². The van der Waals surface area contributed by atoms with Crippen LogP contribution in [0.4, 0.5) is 0 Å². The van der Waals surface area contributed by atoms with Gasteiger partial charge in [-0.25, -0.2) is 0 Å². The maximum absolute atomic E-state index is 3.75. The van der Waals surface area contributed by atoms with Crippen molar-refractivity contribution >= 4 is 0 Å². The number of aromatic amines is 1. The zero-order valence-corrected chi connectivity index (χ0v) is 4.85. The number of hydrogen-bond donors (Lipinski definition) is 1. The summed E-state index contributed by atoms with van der Waals surface area (Å²) < 4.78 is 0. The van der Waals surface area contributed by atoms with Gasteiger partial charge in [0.2, 0.25) is 0 Å². The van der Waals surface area contributed by atoms with Crippen LogP contribution in [-0.2, 0) is 6.42 Å². The Morgan fingerprint density at radius 2 is 2.50 bits per heavy atom. The van der Waals surface area contributed by atoms with Gasteiger partial charge in [-0.15, -0.1) is 0 Å². The fourth-order valence-corrected chi connectivity index (χ4v) is 0.718. The molecule has 1 N–H and O–H groups in total. The van der Waals surface area contributed by atoms with Gasteiger partial charge in [0.05, 0.1) is 0 Å². The van der Waals surface area contributed by atoms with Crippen molar-refractivity contribution in [3.05, 3.63) is 30.9 Å². The normalized spacial score (nSPS) is 9.62. The van der Waals surface area contributed by atoms with Gasteiger partial charge in [-0.3, -0.25) is 0 Å². The fraction of sp³-hybridized carbons (Fsp3) is 0.286. The van der Waals surface area contributed by atoms with Crippen LogP contribution in [0, 0.1) is 6.92 Å². The molecule has 0 saturated heterocycles. The fourth-order valence-electron chi connectivity index (χ4n) is 0.718. The Balaban J connectivity index is 2.50. The maximum Gasteiger partial charge on any atom is 0.00373 e. The third-order valence-corrected chi connectivity index (χ3v) is 1.13. The van der Waals surface area contributed by atoms with Crippen LogP contribution in [0.15, 0.2) is 18.5 Å². The molecule has 1 heteroatoms. The third kappa shape index (κ3) is 1.12. The molecule has 1 aromatic heterocycles. The highest BCUT2D eigenvalue weighted by Crippen LogP contribution is 1.98. The first-order chi connectivity index (χ1) is 3.93. The molecule has 0 aliphatic carbocycles. The minimum Gasteiger partial charge on any atom is -0.367 e. The van der Waals surface area contributed by atoms with Gasteiger partial charge in [0.15, 0.2) is 0 Å².